The fourth-order valence-electron chi connectivity index (χ4n) is 2.00. The molecule has 0 atom stereocenters. The molecule has 4 heteroatoms. The van der Waals surface area contributed by atoms with E-state index in [1.165, 1.54) is 35.3 Å². The molecular weight excluding hydrogens is 258 g/mol. The van der Waals surface area contributed by atoms with Crippen LogP contribution >= 0.6 is 34.7 Å². The number of halogens is 1. The van der Waals surface area contributed by atoms with Gasteiger partial charge in [0.25, 0.3) is 0 Å². The van der Waals surface area contributed by atoms with Crippen molar-refractivity contribution < 1.29 is 0 Å². The Labute approximate surface area is 108 Å². The zero-order chi connectivity index (χ0) is 11.0. The van der Waals surface area contributed by atoms with E-state index in [1.807, 2.05) is 5.38 Å². The van der Waals surface area contributed by atoms with E-state index >= 15 is 0 Å². The number of fused-ring (bicyclic) bond motifs is 1. The molecule has 1 aliphatic carbocycles. The highest BCUT2D eigenvalue weighted by Gasteiger charge is 2.11. The van der Waals surface area contributed by atoms with Crippen LogP contribution in [0.5, 0.6) is 0 Å². The van der Waals surface area contributed by atoms with Gasteiger partial charge in [0.15, 0.2) is 4.34 Å². The lowest BCUT2D eigenvalue weighted by atomic mass is 10.1. The van der Waals surface area contributed by atoms with Crippen LogP contribution in [0.4, 0.5) is 0 Å². The molecule has 0 unspecified atom stereocenters. The Morgan fingerprint density at radius 2 is 2.12 bits per heavy atom. The zero-order valence-electron chi connectivity index (χ0n) is 8.57. The van der Waals surface area contributed by atoms with Gasteiger partial charge in [-0.2, -0.15) is 0 Å². The molecule has 1 aromatic carbocycles. The topological polar surface area (TPSA) is 12.9 Å². The van der Waals surface area contributed by atoms with E-state index in [0.29, 0.717) is 5.15 Å². The maximum absolute atomic E-state index is 5.81. The third-order valence-corrected chi connectivity index (χ3v) is 4.98. The average molecular weight is 268 g/mol. The maximum atomic E-state index is 5.81. The van der Waals surface area contributed by atoms with Crippen molar-refractivity contribution in [1.82, 2.24) is 4.98 Å². The summed E-state index contributed by atoms with van der Waals surface area (Å²) in [5.74, 6) is 0. The van der Waals surface area contributed by atoms with E-state index in [4.69, 9.17) is 11.6 Å². The summed E-state index contributed by atoms with van der Waals surface area (Å²) in [7, 11) is 0. The van der Waals surface area contributed by atoms with Crippen LogP contribution in [0.1, 0.15) is 17.5 Å². The molecule has 0 bridgehead atoms. The number of rotatable bonds is 2. The summed E-state index contributed by atoms with van der Waals surface area (Å²) in [6.45, 7) is 0. The fraction of sp³-hybridized carbons (Fsp3) is 0.250. The van der Waals surface area contributed by atoms with Crippen molar-refractivity contribution in [3.05, 3.63) is 39.9 Å². The molecule has 0 fully saturated rings. The van der Waals surface area contributed by atoms with Crippen LogP contribution in [-0.4, -0.2) is 4.98 Å². The van der Waals surface area contributed by atoms with Gasteiger partial charge in [0, 0.05) is 10.3 Å². The Morgan fingerprint density at radius 1 is 1.25 bits per heavy atom. The molecule has 1 aromatic heterocycles. The predicted molar refractivity (Wildman–Crippen MR) is 69.7 cm³/mol. The molecule has 0 N–H and O–H groups in total. The average Bonchev–Trinajstić information content (AvgIpc) is 2.87. The molecule has 1 aliphatic rings. The molecule has 1 nitrogen and oxygen atoms in total. The van der Waals surface area contributed by atoms with Crippen LogP contribution in [-0.2, 0) is 12.8 Å². The number of benzene rings is 1. The van der Waals surface area contributed by atoms with Crippen molar-refractivity contribution in [3.8, 4) is 0 Å². The lowest BCUT2D eigenvalue weighted by molar-refractivity contribution is 0.911. The Kier molecular flexibility index (Phi) is 2.92. The molecule has 16 heavy (non-hydrogen) atoms. The van der Waals surface area contributed by atoms with E-state index in [1.54, 1.807) is 23.1 Å². The number of hydrogen-bond acceptors (Lipinski definition) is 3. The van der Waals surface area contributed by atoms with Crippen LogP contribution in [0, 0.1) is 0 Å². The van der Waals surface area contributed by atoms with Crippen molar-refractivity contribution >= 4 is 34.7 Å². The second-order valence-corrected chi connectivity index (χ2v) is 6.39. The van der Waals surface area contributed by atoms with Crippen LogP contribution < -0.4 is 0 Å². The summed E-state index contributed by atoms with van der Waals surface area (Å²) < 4.78 is 1.02. The Hall–Kier alpha value is -0.510. The number of nitrogens with zero attached hydrogens (tertiary/aromatic N) is 1. The van der Waals surface area contributed by atoms with Gasteiger partial charge < -0.3 is 0 Å². The summed E-state index contributed by atoms with van der Waals surface area (Å²) in [5, 5.41) is 2.46. The van der Waals surface area contributed by atoms with Gasteiger partial charge in [-0.15, -0.1) is 11.3 Å². The molecule has 0 aliphatic heterocycles. The second kappa shape index (κ2) is 4.40. The van der Waals surface area contributed by atoms with Crippen molar-refractivity contribution in [2.24, 2.45) is 0 Å². The van der Waals surface area contributed by atoms with Crippen molar-refractivity contribution in [2.45, 2.75) is 28.5 Å². The van der Waals surface area contributed by atoms with E-state index in [9.17, 15) is 0 Å². The Bertz CT molecular complexity index is 521. The molecule has 0 saturated carbocycles. The van der Waals surface area contributed by atoms with Crippen molar-refractivity contribution in [2.75, 3.05) is 0 Å². The quantitative estimate of drug-likeness (QED) is 0.798. The number of hydrogen-bond donors (Lipinski definition) is 0. The van der Waals surface area contributed by atoms with Gasteiger partial charge in [0.05, 0.1) is 0 Å². The van der Waals surface area contributed by atoms with Crippen LogP contribution in [0.15, 0.2) is 32.8 Å². The Balaban J connectivity index is 1.85. The highest BCUT2D eigenvalue weighted by Crippen LogP contribution is 2.34. The molecule has 0 spiro atoms. The van der Waals surface area contributed by atoms with Crippen molar-refractivity contribution in [1.29, 1.82) is 0 Å². The maximum Gasteiger partial charge on any atom is 0.156 e. The van der Waals surface area contributed by atoms with Gasteiger partial charge in [-0.25, -0.2) is 4.98 Å². The smallest absolute Gasteiger partial charge is 0.156 e. The molecule has 2 aromatic rings. The third kappa shape index (κ3) is 2.12. The summed E-state index contributed by atoms with van der Waals surface area (Å²) in [4.78, 5) is 5.52. The minimum Gasteiger partial charge on any atom is -0.218 e. The summed E-state index contributed by atoms with van der Waals surface area (Å²) >= 11 is 9.10. The first-order chi connectivity index (χ1) is 7.81. The lowest BCUT2D eigenvalue weighted by Gasteiger charge is -2.02. The normalized spacial score (nSPS) is 14.1. The van der Waals surface area contributed by atoms with E-state index in [-0.39, 0.29) is 0 Å². The zero-order valence-corrected chi connectivity index (χ0v) is 11.0. The van der Waals surface area contributed by atoms with E-state index in [2.05, 4.69) is 23.2 Å². The molecule has 1 heterocycles. The Morgan fingerprint density at radius 3 is 2.94 bits per heavy atom. The molecule has 0 radical (unpaired) electrons. The van der Waals surface area contributed by atoms with Gasteiger partial charge in [0.1, 0.15) is 5.15 Å². The van der Waals surface area contributed by atoms with Gasteiger partial charge in [-0.05, 0) is 42.5 Å². The summed E-state index contributed by atoms with van der Waals surface area (Å²) in [6.07, 6.45) is 3.76. The number of aromatic nitrogens is 1. The molecule has 3 rings (SSSR count). The first-order valence-corrected chi connectivity index (χ1v) is 7.29. The highest BCUT2D eigenvalue weighted by atomic mass is 35.5. The van der Waals surface area contributed by atoms with E-state index in [0.717, 1.165) is 4.34 Å². The summed E-state index contributed by atoms with van der Waals surface area (Å²) in [5.41, 5.74) is 3.02. The minimum absolute atomic E-state index is 0.591. The standard InChI is InChI=1S/C12H10ClNS2/c13-11-7-15-12(14-11)16-10-5-4-8-2-1-3-9(8)6-10/h4-7H,1-3H2. The van der Waals surface area contributed by atoms with Crippen LogP contribution in [0.3, 0.4) is 0 Å². The first kappa shape index (κ1) is 10.6. The SMILES string of the molecule is Clc1csc(Sc2ccc3c(c2)CCC3)n1. The number of thiazole rings is 1. The monoisotopic (exact) mass is 267 g/mol. The van der Waals surface area contributed by atoms with Crippen LogP contribution in [0.2, 0.25) is 5.15 Å². The largest absolute Gasteiger partial charge is 0.218 e. The van der Waals surface area contributed by atoms with Gasteiger partial charge in [-0.1, -0.05) is 29.4 Å². The van der Waals surface area contributed by atoms with Gasteiger partial charge in [0.2, 0.25) is 0 Å². The van der Waals surface area contributed by atoms with Crippen LogP contribution in [0.25, 0.3) is 0 Å². The van der Waals surface area contributed by atoms with Crippen molar-refractivity contribution in [3.63, 3.8) is 0 Å². The predicted octanol–water partition coefficient (Wildman–Crippen LogP) is 4.44. The van der Waals surface area contributed by atoms with Gasteiger partial charge >= 0.3 is 0 Å². The molecule has 82 valence electrons. The van der Waals surface area contributed by atoms with Gasteiger partial charge in [-0.3, -0.25) is 0 Å². The minimum atomic E-state index is 0.591. The third-order valence-electron chi connectivity index (χ3n) is 2.73. The summed E-state index contributed by atoms with van der Waals surface area (Å²) in [6, 6.07) is 6.73. The molecule has 0 amide bonds. The van der Waals surface area contributed by atoms with E-state index < -0.39 is 0 Å². The second-order valence-electron chi connectivity index (χ2n) is 3.82. The fourth-order valence-corrected chi connectivity index (χ4v) is 4.03. The number of aryl methyl sites for hydroxylation is 2. The molecule has 0 saturated heterocycles. The molecular formula is C12H10ClNS2. The first-order valence-electron chi connectivity index (χ1n) is 5.22. The highest BCUT2D eigenvalue weighted by molar-refractivity contribution is 8.01. The lowest BCUT2D eigenvalue weighted by Crippen LogP contribution is -1.82.